The molecule has 59 heavy (non-hydrogen) atoms. The van der Waals surface area contributed by atoms with Crippen LogP contribution in [-0.4, -0.2) is 122 Å². The monoisotopic (exact) mass is 889 g/mol. The van der Waals surface area contributed by atoms with E-state index in [1.807, 2.05) is 6.07 Å². The van der Waals surface area contributed by atoms with Gasteiger partial charge in [-0.1, -0.05) is 23.2 Å². The van der Waals surface area contributed by atoms with Gasteiger partial charge in [0.2, 0.25) is 27.7 Å². The van der Waals surface area contributed by atoms with Gasteiger partial charge < -0.3 is 50.5 Å². The maximum atomic E-state index is 12.8. The minimum atomic E-state index is -3.78. The first kappa shape index (κ1) is 49.8. The number of carbonyl (C=O) groups is 4. The van der Waals surface area contributed by atoms with E-state index in [4.69, 9.17) is 57.7 Å². The number of carboxylic acid groups (broad SMARTS) is 1. The van der Waals surface area contributed by atoms with Gasteiger partial charge in [-0.2, -0.15) is 0 Å². The Morgan fingerprint density at radius 2 is 1.34 bits per heavy atom. The molecule has 17 nitrogen and oxygen atoms in total. The van der Waals surface area contributed by atoms with Crippen molar-refractivity contribution in [2.45, 2.75) is 74.8 Å². The first-order valence-electron chi connectivity index (χ1n) is 19.5. The molecule has 1 unspecified atom stereocenters. The minimum absolute atomic E-state index is 0.0370. The van der Waals surface area contributed by atoms with E-state index in [0.717, 1.165) is 24.0 Å². The number of benzene rings is 2. The van der Waals surface area contributed by atoms with E-state index in [0.29, 0.717) is 48.8 Å². The van der Waals surface area contributed by atoms with Crippen molar-refractivity contribution in [3.63, 3.8) is 0 Å². The van der Waals surface area contributed by atoms with Gasteiger partial charge >= 0.3 is 5.97 Å². The van der Waals surface area contributed by atoms with Gasteiger partial charge in [0.1, 0.15) is 11.9 Å². The van der Waals surface area contributed by atoms with Crippen LogP contribution in [0.3, 0.4) is 0 Å². The van der Waals surface area contributed by atoms with Crippen LogP contribution in [0.15, 0.2) is 41.3 Å². The topological polar surface area (TPSA) is 243 Å². The highest BCUT2D eigenvalue weighted by Gasteiger charge is 2.29. The zero-order chi connectivity index (χ0) is 43.1. The number of nitrogens with one attached hydrogen (secondary N) is 4. The summed E-state index contributed by atoms with van der Waals surface area (Å²) < 4.78 is 55.7. The Labute approximate surface area is 355 Å². The maximum absolute atomic E-state index is 12.8. The Kier molecular flexibility index (Phi) is 22.4. The fraction of sp³-hybridized carbons (Fsp3) is 0.590. The minimum Gasteiger partial charge on any atom is -0.486 e. The van der Waals surface area contributed by atoms with Crippen LogP contribution in [0.4, 0.5) is 0 Å². The molecule has 2 atom stereocenters. The van der Waals surface area contributed by atoms with Gasteiger partial charge in [-0.05, 0) is 80.1 Å². The van der Waals surface area contributed by atoms with Crippen molar-refractivity contribution < 1.29 is 56.4 Å². The highest BCUT2D eigenvalue weighted by molar-refractivity contribution is 7.89. The van der Waals surface area contributed by atoms with Gasteiger partial charge in [-0.3, -0.25) is 19.2 Å². The Balaban J connectivity index is 1.27. The molecule has 1 aliphatic carbocycles. The van der Waals surface area contributed by atoms with E-state index in [1.165, 1.54) is 12.1 Å². The maximum Gasteiger partial charge on any atom is 0.303 e. The average molecular weight is 891 g/mol. The van der Waals surface area contributed by atoms with Crippen molar-refractivity contribution in [3.05, 3.63) is 57.6 Å². The molecule has 0 bridgehead atoms. The van der Waals surface area contributed by atoms with Gasteiger partial charge in [0.05, 0.1) is 64.2 Å². The molecule has 1 aliphatic rings. The molecule has 0 saturated carbocycles. The molecule has 0 radical (unpaired) electrons. The van der Waals surface area contributed by atoms with Gasteiger partial charge in [0, 0.05) is 61.0 Å². The van der Waals surface area contributed by atoms with Crippen molar-refractivity contribution in [2.24, 2.45) is 5.73 Å². The van der Waals surface area contributed by atoms with Gasteiger partial charge in [0.25, 0.3) is 0 Å². The Morgan fingerprint density at radius 1 is 0.780 bits per heavy atom. The molecule has 3 amide bonds. The van der Waals surface area contributed by atoms with E-state index in [2.05, 4.69) is 20.7 Å². The van der Waals surface area contributed by atoms with Crippen LogP contribution >= 0.6 is 23.2 Å². The van der Waals surface area contributed by atoms with Gasteiger partial charge in [-0.15, -0.1) is 0 Å². The largest absolute Gasteiger partial charge is 0.486 e. The second-order valence-electron chi connectivity index (χ2n) is 13.9. The quantitative estimate of drug-likeness (QED) is 0.0598. The Bertz CT molecular complexity index is 1760. The number of fused-ring (bicyclic) bond motifs is 1. The zero-order valence-electron chi connectivity index (χ0n) is 33.4. The fourth-order valence-electron chi connectivity index (χ4n) is 6.00. The molecule has 2 aromatic carbocycles. The zero-order valence-corrected chi connectivity index (χ0v) is 35.7. The second-order valence-corrected chi connectivity index (χ2v) is 16.5. The molecule has 0 aliphatic heterocycles. The van der Waals surface area contributed by atoms with E-state index >= 15 is 0 Å². The summed E-state index contributed by atoms with van der Waals surface area (Å²) in [7, 11) is -3.78. The van der Waals surface area contributed by atoms with Crippen molar-refractivity contribution in [1.29, 1.82) is 0 Å². The summed E-state index contributed by atoms with van der Waals surface area (Å²) in [5.41, 5.74) is 6.35. The number of carbonyl (C=O) groups excluding carboxylic acids is 3. The predicted octanol–water partition coefficient (Wildman–Crippen LogP) is 2.90. The smallest absolute Gasteiger partial charge is 0.303 e. The highest BCUT2D eigenvalue weighted by Crippen LogP contribution is 2.40. The molecular weight excluding hydrogens is 833 g/mol. The number of amides is 3. The normalized spacial score (nSPS) is 14.6. The van der Waals surface area contributed by atoms with Crippen molar-refractivity contribution in [2.75, 3.05) is 79.0 Å². The lowest BCUT2D eigenvalue weighted by Crippen LogP contribution is -2.47. The number of sulfonamides is 1. The molecule has 2 aromatic rings. The Morgan fingerprint density at radius 3 is 1.90 bits per heavy atom. The van der Waals surface area contributed by atoms with Crippen molar-refractivity contribution in [3.8, 4) is 5.75 Å². The fourth-order valence-corrected chi connectivity index (χ4v) is 7.62. The summed E-state index contributed by atoms with van der Waals surface area (Å²) in [5.74, 6) is -1.63. The lowest BCUT2D eigenvalue weighted by molar-refractivity contribution is -0.139. The molecular formula is C39H57Cl2N5O12S. The van der Waals surface area contributed by atoms with Gasteiger partial charge in [0.15, 0.2) is 0 Å². The number of ether oxygens (including phenoxy) is 5. The van der Waals surface area contributed by atoms with Crippen molar-refractivity contribution >= 4 is 56.9 Å². The number of aliphatic carboxylic acids is 1. The second kappa shape index (κ2) is 26.6. The van der Waals surface area contributed by atoms with E-state index in [1.54, 1.807) is 25.1 Å². The number of nitrogens with two attached hydrogens (primary N) is 1. The van der Waals surface area contributed by atoms with Gasteiger partial charge in [-0.25, -0.2) is 13.1 Å². The number of carboxylic acids is 1. The highest BCUT2D eigenvalue weighted by atomic mass is 35.5. The number of hydrogen-bond acceptors (Lipinski definition) is 12. The first-order chi connectivity index (χ1) is 28.2. The van der Waals surface area contributed by atoms with Crippen LogP contribution in [0.5, 0.6) is 5.75 Å². The molecule has 0 spiro atoms. The average Bonchev–Trinajstić information content (AvgIpc) is 3.59. The summed E-state index contributed by atoms with van der Waals surface area (Å²) in [6.07, 6.45) is 1.21. The molecule has 7 N–H and O–H groups in total. The van der Waals surface area contributed by atoms with E-state index in [-0.39, 0.29) is 107 Å². The lowest BCUT2D eigenvalue weighted by atomic mass is 9.89. The summed E-state index contributed by atoms with van der Waals surface area (Å²) in [6.45, 7) is 4.91. The SMILES string of the molecule is CC(CCC(=O)NCCOCCOCCN)(CCC(=O)NCCOCCOCCNS(=O)(=O)c1ccc(O[C@@H]2CCc3c(Cl)cc(Cl)cc32)cc1)NC(=O)CCC(=O)O. The Hall–Kier alpha value is -3.59. The van der Waals surface area contributed by atoms with Crippen LogP contribution < -0.4 is 31.1 Å². The lowest BCUT2D eigenvalue weighted by Gasteiger charge is -2.31. The van der Waals surface area contributed by atoms with Crippen LogP contribution in [-0.2, 0) is 54.6 Å². The summed E-state index contributed by atoms with van der Waals surface area (Å²) in [4.78, 5) is 48.5. The summed E-state index contributed by atoms with van der Waals surface area (Å²) in [5, 5.41) is 18.4. The van der Waals surface area contributed by atoms with Crippen LogP contribution in [0.25, 0.3) is 0 Å². The molecule has 0 heterocycles. The summed E-state index contributed by atoms with van der Waals surface area (Å²) in [6, 6.07) is 9.71. The molecule has 330 valence electrons. The standard InChI is InChI=1S/C39H57Cl2N5O12S/c1-39(46-37(49)8-9-38(50)51,12-10-35(47)43-15-19-55-23-22-54-18-14-42)13-11-36(48)44-16-20-56-24-25-57-21-17-45-59(52,53)30-4-2-29(3-5-30)58-34-7-6-31-32(34)26-28(40)27-33(31)41/h2-5,26-27,34,45H,6-25,42H2,1H3,(H,43,47)(H,44,48)(H,46,49)(H,50,51)/t34-,39?/m1/s1. The van der Waals surface area contributed by atoms with E-state index < -0.39 is 27.4 Å². The van der Waals surface area contributed by atoms with Crippen molar-refractivity contribution in [1.82, 2.24) is 20.7 Å². The molecule has 0 aromatic heterocycles. The molecule has 3 rings (SSSR count). The number of halogens is 2. The third kappa shape index (κ3) is 19.6. The summed E-state index contributed by atoms with van der Waals surface area (Å²) >= 11 is 12.5. The molecule has 0 saturated heterocycles. The van der Waals surface area contributed by atoms with E-state index in [9.17, 15) is 27.6 Å². The molecule has 20 heteroatoms. The predicted molar refractivity (Wildman–Crippen MR) is 220 cm³/mol. The number of rotatable bonds is 31. The third-order valence-corrected chi connectivity index (χ3v) is 11.1. The third-order valence-electron chi connectivity index (χ3n) is 9.11. The van der Waals surface area contributed by atoms with Crippen LogP contribution in [0, 0.1) is 0 Å². The molecule has 0 fully saturated rings. The first-order valence-corrected chi connectivity index (χ1v) is 21.8. The van der Waals surface area contributed by atoms with Crippen LogP contribution in [0.2, 0.25) is 10.0 Å². The van der Waals surface area contributed by atoms with Crippen LogP contribution in [0.1, 0.15) is 69.1 Å². The number of hydrogen-bond donors (Lipinski definition) is 6.